The molecule has 0 saturated carbocycles. The Bertz CT molecular complexity index is 973. The van der Waals surface area contributed by atoms with Crippen molar-refractivity contribution in [3.63, 3.8) is 0 Å². The second-order valence-electron chi connectivity index (χ2n) is 7.93. The Kier molecular flexibility index (Phi) is 5.53. The highest BCUT2D eigenvalue weighted by Crippen LogP contribution is 2.42. The SMILES string of the molecule is COc1cccc2c1Oc1ccccc1N=C2N1CCN(C(=O)NC(C)C)C(C)C1. The van der Waals surface area contributed by atoms with Gasteiger partial charge in [0, 0.05) is 31.7 Å². The molecule has 1 saturated heterocycles. The molecule has 2 aromatic rings. The van der Waals surface area contributed by atoms with Gasteiger partial charge in [-0.1, -0.05) is 18.2 Å². The lowest BCUT2D eigenvalue weighted by molar-refractivity contribution is 0.133. The smallest absolute Gasteiger partial charge is 0.317 e. The van der Waals surface area contributed by atoms with Gasteiger partial charge in [-0.2, -0.15) is 0 Å². The minimum atomic E-state index is -0.0179. The molecule has 2 aliphatic heterocycles. The van der Waals surface area contributed by atoms with Gasteiger partial charge in [0.1, 0.15) is 11.5 Å². The summed E-state index contributed by atoms with van der Waals surface area (Å²) in [5, 5.41) is 2.99. The summed E-state index contributed by atoms with van der Waals surface area (Å²) in [4.78, 5) is 21.6. The van der Waals surface area contributed by atoms with Crippen molar-refractivity contribution in [2.24, 2.45) is 4.99 Å². The molecule has 0 radical (unpaired) electrons. The van der Waals surface area contributed by atoms with E-state index in [4.69, 9.17) is 14.5 Å². The second-order valence-corrected chi connectivity index (χ2v) is 7.93. The van der Waals surface area contributed by atoms with Crippen LogP contribution in [0.15, 0.2) is 47.5 Å². The fourth-order valence-corrected chi connectivity index (χ4v) is 3.90. The van der Waals surface area contributed by atoms with Crippen LogP contribution >= 0.6 is 0 Å². The molecule has 0 spiro atoms. The Labute approximate surface area is 177 Å². The molecule has 2 amide bonds. The van der Waals surface area contributed by atoms with Crippen LogP contribution < -0.4 is 14.8 Å². The minimum Gasteiger partial charge on any atom is -0.493 e. The number of urea groups is 1. The fraction of sp³-hybridized carbons (Fsp3) is 0.391. The Hall–Kier alpha value is -3.22. The average Bonchev–Trinajstić information content (AvgIpc) is 2.89. The lowest BCUT2D eigenvalue weighted by Gasteiger charge is -2.41. The number of fused-ring (bicyclic) bond motifs is 2. The van der Waals surface area contributed by atoms with Gasteiger partial charge < -0.3 is 24.6 Å². The summed E-state index contributed by atoms with van der Waals surface area (Å²) < 4.78 is 11.8. The van der Waals surface area contributed by atoms with Crippen LogP contribution in [0.25, 0.3) is 0 Å². The Morgan fingerprint density at radius 2 is 2.00 bits per heavy atom. The van der Waals surface area contributed by atoms with Gasteiger partial charge in [0.2, 0.25) is 0 Å². The lowest BCUT2D eigenvalue weighted by atomic mass is 10.1. The third kappa shape index (κ3) is 3.79. The van der Waals surface area contributed by atoms with Gasteiger partial charge in [0.25, 0.3) is 0 Å². The van der Waals surface area contributed by atoms with Crippen LogP contribution in [0.1, 0.15) is 26.3 Å². The number of piperazine rings is 1. The maximum Gasteiger partial charge on any atom is 0.317 e. The van der Waals surface area contributed by atoms with E-state index in [1.165, 1.54) is 0 Å². The van der Waals surface area contributed by atoms with Crippen LogP contribution in [-0.2, 0) is 0 Å². The van der Waals surface area contributed by atoms with Crippen molar-refractivity contribution in [1.82, 2.24) is 15.1 Å². The zero-order chi connectivity index (χ0) is 21.3. The van der Waals surface area contributed by atoms with Crippen molar-refractivity contribution >= 4 is 17.6 Å². The molecule has 1 N–H and O–H groups in total. The van der Waals surface area contributed by atoms with Crippen molar-refractivity contribution in [3.8, 4) is 17.2 Å². The van der Waals surface area contributed by atoms with E-state index in [9.17, 15) is 4.79 Å². The molecular weight excluding hydrogens is 380 g/mol. The van der Waals surface area contributed by atoms with Gasteiger partial charge in [-0.25, -0.2) is 9.79 Å². The minimum absolute atomic E-state index is 0.0179. The maximum absolute atomic E-state index is 12.5. The number of benzene rings is 2. The predicted molar refractivity (Wildman–Crippen MR) is 117 cm³/mol. The molecule has 2 aromatic carbocycles. The first-order valence-corrected chi connectivity index (χ1v) is 10.3. The van der Waals surface area contributed by atoms with Crippen molar-refractivity contribution < 1.29 is 14.3 Å². The Balaban J connectivity index is 1.69. The summed E-state index contributed by atoms with van der Waals surface area (Å²) in [6.07, 6.45) is 0. The number of para-hydroxylation sites is 3. The largest absolute Gasteiger partial charge is 0.493 e. The molecule has 0 aliphatic carbocycles. The molecule has 0 bridgehead atoms. The van der Waals surface area contributed by atoms with Crippen LogP contribution in [0, 0.1) is 0 Å². The number of amides is 2. The van der Waals surface area contributed by atoms with Gasteiger partial charge in [0.15, 0.2) is 17.2 Å². The van der Waals surface area contributed by atoms with Crippen LogP contribution in [0.3, 0.4) is 0 Å². The highest BCUT2D eigenvalue weighted by Gasteiger charge is 2.32. The van der Waals surface area contributed by atoms with E-state index in [0.29, 0.717) is 36.9 Å². The van der Waals surface area contributed by atoms with Gasteiger partial charge in [-0.05, 0) is 45.0 Å². The molecule has 1 fully saturated rings. The topological polar surface area (TPSA) is 66.4 Å². The van der Waals surface area contributed by atoms with Crippen molar-refractivity contribution in [2.75, 3.05) is 26.7 Å². The molecular formula is C23H28N4O3. The van der Waals surface area contributed by atoms with E-state index >= 15 is 0 Å². The van der Waals surface area contributed by atoms with Crippen LogP contribution in [0.4, 0.5) is 10.5 Å². The van der Waals surface area contributed by atoms with Crippen molar-refractivity contribution in [2.45, 2.75) is 32.9 Å². The normalized spacial score (nSPS) is 18.0. The van der Waals surface area contributed by atoms with Crippen molar-refractivity contribution in [1.29, 1.82) is 0 Å². The Morgan fingerprint density at radius 3 is 2.73 bits per heavy atom. The molecule has 4 rings (SSSR count). The third-order valence-electron chi connectivity index (χ3n) is 5.34. The van der Waals surface area contributed by atoms with Gasteiger partial charge in [0.05, 0.1) is 12.7 Å². The number of amidine groups is 1. The first kappa shape index (κ1) is 20.1. The summed E-state index contributed by atoms with van der Waals surface area (Å²) in [5.41, 5.74) is 1.66. The number of nitrogens with one attached hydrogen (secondary N) is 1. The third-order valence-corrected chi connectivity index (χ3v) is 5.34. The highest BCUT2D eigenvalue weighted by molar-refractivity contribution is 6.04. The molecule has 30 heavy (non-hydrogen) atoms. The van der Waals surface area contributed by atoms with E-state index in [2.05, 4.69) is 17.1 Å². The van der Waals surface area contributed by atoms with Crippen LogP contribution in [0.5, 0.6) is 17.2 Å². The van der Waals surface area contributed by atoms with Gasteiger partial charge in [-0.3, -0.25) is 0 Å². The van der Waals surface area contributed by atoms with Crippen LogP contribution in [-0.4, -0.2) is 60.5 Å². The van der Waals surface area contributed by atoms with Crippen molar-refractivity contribution in [3.05, 3.63) is 48.0 Å². The molecule has 158 valence electrons. The molecule has 7 nitrogen and oxygen atoms in total. The molecule has 0 aromatic heterocycles. The summed E-state index contributed by atoms with van der Waals surface area (Å²) in [7, 11) is 1.64. The number of hydrogen-bond acceptors (Lipinski definition) is 5. The first-order chi connectivity index (χ1) is 14.5. The monoisotopic (exact) mass is 408 g/mol. The lowest BCUT2D eigenvalue weighted by Crippen LogP contribution is -2.58. The summed E-state index contributed by atoms with van der Waals surface area (Å²) in [6, 6.07) is 13.7. The average molecular weight is 409 g/mol. The number of aliphatic imine (C=N–C) groups is 1. The van der Waals surface area contributed by atoms with E-state index in [-0.39, 0.29) is 18.1 Å². The molecule has 1 unspecified atom stereocenters. The predicted octanol–water partition coefficient (Wildman–Crippen LogP) is 4.00. The number of methoxy groups -OCH3 is 1. The number of carbonyl (C=O) groups excluding carboxylic acids is 1. The fourth-order valence-electron chi connectivity index (χ4n) is 3.90. The number of carbonyl (C=O) groups is 1. The second kappa shape index (κ2) is 8.26. The molecule has 7 heteroatoms. The maximum atomic E-state index is 12.5. The van der Waals surface area contributed by atoms with Gasteiger partial charge in [-0.15, -0.1) is 0 Å². The highest BCUT2D eigenvalue weighted by atomic mass is 16.5. The standard InChI is InChI=1S/C23H28N4O3/c1-15(2)24-23(28)27-13-12-26(14-16(27)3)22-17-8-7-11-20(29-4)21(17)30-19-10-6-5-9-18(19)25-22/h5-11,15-16H,12-14H2,1-4H3,(H,24,28). The quantitative estimate of drug-likeness (QED) is 0.816. The van der Waals surface area contributed by atoms with Crippen LogP contribution in [0.2, 0.25) is 0 Å². The zero-order valence-electron chi connectivity index (χ0n) is 17.9. The summed E-state index contributed by atoms with van der Waals surface area (Å²) >= 11 is 0. The Morgan fingerprint density at radius 1 is 1.20 bits per heavy atom. The van der Waals surface area contributed by atoms with Gasteiger partial charge >= 0.3 is 6.03 Å². The molecule has 1 atom stereocenters. The van der Waals surface area contributed by atoms with E-state index in [1.54, 1.807) is 7.11 Å². The summed E-state index contributed by atoms with van der Waals surface area (Å²) in [6.45, 7) is 8.01. The number of nitrogens with zero attached hydrogens (tertiary/aromatic N) is 3. The number of rotatable bonds is 2. The first-order valence-electron chi connectivity index (χ1n) is 10.3. The molecule has 2 heterocycles. The van der Waals surface area contributed by atoms with E-state index in [0.717, 1.165) is 17.1 Å². The van der Waals surface area contributed by atoms with E-state index in [1.807, 2.05) is 61.2 Å². The van der Waals surface area contributed by atoms with E-state index < -0.39 is 0 Å². The number of ether oxygens (including phenoxy) is 2. The molecule has 2 aliphatic rings. The number of hydrogen-bond donors (Lipinski definition) is 1. The summed E-state index contributed by atoms with van der Waals surface area (Å²) in [5.74, 6) is 2.86. The zero-order valence-corrected chi connectivity index (χ0v) is 17.9.